The zero-order chi connectivity index (χ0) is 45.8. The average molecular weight is 866 g/mol. The van der Waals surface area contributed by atoms with Gasteiger partial charge in [0.1, 0.15) is 36.4 Å². The molecule has 1 aromatic rings. The number of hydrogen-bond acceptors (Lipinski definition) is 13. The summed E-state index contributed by atoms with van der Waals surface area (Å²) in [6.45, 7) is 13.0. The van der Waals surface area contributed by atoms with E-state index in [1.165, 1.54) is 20.3 Å². The number of hydrogen-bond donors (Lipinski definition) is 4. The number of cyclic esters (lactones) is 1. The number of aliphatic hydroxyl groups excluding tert-OH is 4. The quantitative estimate of drug-likeness (QED) is 0.189. The Kier molecular flexibility index (Phi) is 23.0. The summed E-state index contributed by atoms with van der Waals surface area (Å²) in [6, 6.07) is 0. The van der Waals surface area contributed by atoms with E-state index in [4.69, 9.17) is 32.8 Å². The van der Waals surface area contributed by atoms with Crippen LogP contribution in [0.1, 0.15) is 78.8 Å². The van der Waals surface area contributed by atoms with Gasteiger partial charge in [-0.3, -0.25) is 0 Å². The van der Waals surface area contributed by atoms with E-state index in [1.54, 1.807) is 76.7 Å². The molecular formula is C49H71NO12. The van der Waals surface area contributed by atoms with Gasteiger partial charge in [0.05, 0.1) is 42.5 Å². The minimum Gasteiger partial charge on any atom is -0.458 e. The second kappa shape index (κ2) is 27.2. The van der Waals surface area contributed by atoms with Gasteiger partial charge in [0.15, 0.2) is 12.2 Å². The van der Waals surface area contributed by atoms with Crippen molar-refractivity contribution in [3.8, 4) is 0 Å². The Morgan fingerprint density at radius 1 is 0.790 bits per heavy atom. The van der Waals surface area contributed by atoms with E-state index in [-0.39, 0.29) is 30.3 Å². The molecule has 62 heavy (non-hydrogen) atoms. The number of fused-ring (bicyclic) bond motifs is 2. The Hall–Kier alpha value is -4.02. The molecule has 13 nitrogen and oxygen atoms in total. The first kappa shape index (κ1) is 52.3. The number of esters is 1. The Morgan fingerprint density at radius 2 is 1.42 bits per heavy atom. The van der Waals surface area contributed by atoms with Crippen molar-refractivity contribution in [1.82, 2.24) is 4.98 Å². The lowest BCUT2D eigenvalue weighted by Gasteiger charge is -2.43. The summed E-state index contributed by atoms with van der Waals surface area (Å²) in [4.78, 5) is 17.7. The van der Waals surface area contributed by atoms with Gasteiger partial charge in [-0.2, -0.15) is 0 Å². The molecule has 3 heterocycles. The first-order valence-electron chi connectivity index (χ1n) is 21.4. The van der Waals surface area contributed by atoms with E-state index < -0.39 is 73.1 Å². The maximum atomic E-state index is 13.0. The van der Waals surface area contributed by atoms with Gasteiger partial charge >= 0.3 is 5.97 Å². The molecule has 15 unspecified atom stereocenters. The van der Waals surface area contributed by atoms with Gasteiger partial charge in [-0.05, 0) is 33.3 Å². The summed E-state index contributed by atoms with van der Waals surface area (Å²) in [7, 11) is 4.63. The lowest BCUT2D eigenvalue weighted by molar-refractivity contribution is -0.310. The minimum absolute atomic E-state index is 0.141. The standard InChI is InChI=1S/C49H71NO12/c1-31-21-15-11-14-18-26-43(54)62-45(35(5)40(53)28-34(4)51)32(2)22-16-12-13-17-24-39(52)29-42(56-8)36(6)48-50-38(30-59-48)23-19-20-25-41(33(3)27-31)61-49-47(58-10)46(57-9)44(55)37(7)60-49/h11-27,30,32-37,39-42,44-47,49,51-53,55H,28-29H2,1-10H3. The predicted octanol–water partition coefficient (Wildman–Crippen LogP) is 6.88. The second-order valence-electron chi connectivity index (χ2n) is 16.2. The fourth-order valence-electron chi connectivity index (χ4n) is 7.36. The number of carbonyl (C=O) groups is 1. The Labute approximate surface area is 368 Å². The fraction of sp³-hybridized carbons (Fsp3) is 0.551. The fourth-order valence-corrected chi connectivity index (χ4v) is 7.36. The van der Waals surface area contributed by atoms with E-state index in [0.717, 1.165) is 5.57 Å². The van der Waals surface area contributed by atoms with Gasteiger partial charge < -0.3 is 53.3 Å². The molecule has 1 aromatic heterocycles. The Morgan fingerprint density at radius 3 is 2.08 bits per heavy atom. The summed E-state index contributed by atoms with van der Waals surface area (Å²) in [5, 5.41) is 42.3. The van der Waals surface area contributed by atoms with Crippen molar-refractivity contribution in [1.29, 1.82) is 0 Å². The van der Waals surface area contributed by atoms with Crippen LogP contribution in [0.5, 0.6) is 0 Å². The van der Waals surface area contributed by atoms with Gasteiger partial charge in [0.25, 0.3) is 0 Å². The smallest absolute Gasteiger partial charge is 0.331 e. The molecule has 4 N–H and O–H groups in total. The summed E-state index contributed by atoms with van der Waals surface area (Å²) < 4.78 is 41.4. The highest BCUT2D eigenvalue weighted by Gasteiger charge is 2.46. The van der Waals surface area contributed by atoms with Crippen molar-refractivity contribution in [2.45, 2.75) is 135 Å². The zero-order valence-corrected chi connectivity index (χ0v) is 38.0. The number of rotatable bonds is 9. The minimum atomic E-state index is -0.903. The first-order chi connectivity index (χ1) is 29.6. The third kappa shape index (κ3) is 16.9. The molecule has 0 radical (unpaired) electrons. The molecule has 0 saturated carbocycles. The summed E-state index contributed by atoms with van der Waals surface area (Å²) >= 11 is 0. The predicted molar refractivity (Wildman–Crippen MR) is 240 cm³/mol. The average Bonchev–Trinajstić information content (AvgIpc) is 3.71. The molecule has 0 aromatic carbocycles. The second-order valence-corrected chi connectivity index (χ2v) is 16.2. The summed E-state index contributed by atoms with van der Waals surface area (Å²) in [5.41, 5.74) is 1.56. The van der Waals surface area contributed by atoms with Crippen molar-refractivity contribution in [3.63, 3.8) is 0 Å². The third-order valence-electron chi connectivity index (χ3n) is 11.1. The molecule has 344 valence electrons. The van der Waals surface area contributed by atoms with Crippen molar-refractivity contribution in [2.24, 2.45) is 17.8 Å². The number of ether oxygens (including phenoxy) is 6. The third-order valence-corrected chi connectivity index (χ3v) is 11.1. The van der Waals surface area contributed by atoms with E-state index in [2.05, 4.69) is 11.1 Å². The number of nitrogens with zero attached hydrogens (tertiary/aromatic N) is 1. The Bertz CT molecular complexity index is 1750. The van der Waals surface area contributed by atoms with E-state index in [1.807, 2.05) is 76.3 Å². The number of oxazole rings is 1. The van der Waals surface area contributed by atoms with Gasteiger partial charge in [-0.1, -0.05) is 124 Å². The molecule has 1 fully saturated rings. The number of allylic oxidation sites excluding steroid dienone is 12. The van der Waals surface area contributed by atoms with Crippen LogP contribution in [0.4, 0.5) is 0 Å². The molecule has 0 spiro atoms. The van der Waals surface area contributed by atoms with Crippen molar-refractivity contribution >= 4 is 12.0 Å². The van der Waals surface area contributed by atoms with Crippen LogP contribution in [0.3, 0.4) is 0 Å². The van der Waals surface area contributed by atoms with Crippen LogP contribution in [0.25, 0.3) is 6.08 Å². The largest absolute Gasteiger partial charge is 0.458 e. The molecular weight excluding hydrogens is 795 g/mol. The van der Waals surface area contributed by atoms with Gasteiger partial charge in [0, 0.05) is 51.6 Å². The summed E-state index contributed by atoms with van der Waals surface area (Å²) in [5.74, 6) is -1.26. The molecule has 13 heteroatoms. The van der Waals surface area contributed by atoms with Crippen molar-refractivity contribution < 1.29 is 58.1 Å². The highest BCUT2D eigenvalue weighted by molar-refractivity contribution is 5.82. The topological polar surface area (TPSA) is 179 Å². The molecule has 2 bridgehead atoms. The SMILES string of the molecule is COC1CC(O)C=CC=CC=CC(C)C(C(C)C(O)CC(C)O)OC(=O)C=CC=CC=CC(C)=CC(C)C(OC2OC(C)C(O)C(OC)C2OC)C=CC=Cc2coc(n2)C1C. The van der Waals surface area contributed by atoms with Crippen LogP contribution in [0.2, 0.25) is 0 Å². The van der Waals surface area contributed by atoms with Crippen LogP contribution in [-0.4, -0.2) is 120 Å². The van der Waals surface area contributed by atoms with E-state index >= 15 is 0 Å². The van der Waals surface area contributed by atoms with Crippen LogP contribution in [0, 0.1) is 17.8 Å². The van der Waals surface area contributed by atoms with Crippen LogP contribution >= 0.6 is 0 Å². The molecule has 3 rings (SSSR count). The van der Waals surface area contributed by atoms with E-state index in [0.29, 0.717) is 18.0 Å². The van der Waals surface area contributed by atoms with Gasteiger partial charge in [-0.25, -0.2) is 9.78 Å². The van der Waals surface area contributed by atoms with Gasteiger partial charge in [0.2, 0.25) is 0 Å². The van der Waals surface area contributed by atoms with Crippen LogP contribution in [0.15, 0.2) is 113 Å². The van der Waals surface area contributed by atoms with Crippen molar-refractivity contribution in [2.75, 3.05) is 21.3 Å². The first-order valence-corrected chi connectivity index (χ1v) is 21.4. The molecule has 0 aliphatic carbocycles. The Balaban J connectivity index is 1.96. The van der Waals surface area contributed by atoms with Crippen LogP contribution < -0.4 is 0 Å². The normalized spacial score (nSPS) is 32.7. The van der Waals surface area contributed by atoms with Crippen LogP contribution in [-0.2, 0) is 33.2 Å². The molecule has 2 aliphatic rings. The summed E-state index contributed by atoms with van der Waals surface area (Å²) in [6.07, 6.45) is 24.8. The number of carbonyl (C=O) groups excluding carboxylic acids is 1. The number of aromatic nitrogens is 1. The maximum Gasteiger partial charge on any atom is 0.331 e. The van der Waals surface area contributed by atoms with Gasteiger partial charge in [-0.15, -0.1) is 0 Å². The lowest BCUT2D eigenvalue weighted by Crippen LogP contribution is -2.59. The molecule has 2 aliphatic heterocycles. The monoisotopic (exact) mass is 865 g/mol. The van der Waals surface area contributed by atoms with E-state index in [9.17, 15) is 25.2 Å². The molecule has 0 amide bonds. The lowest BCUT2D eigenvalue weighted by atomic mass is 9.86. The maximum absolute atomic E-state index is 13.0. The number of methoxy groups -OCH3 is 3. The highest BCUT2D eigenvalue weighted by atomic mass is 16.7. The number of aliphatic hydroxyl groups is 4. The zero-order valence-electron chi connectivity index (χ0n) is 38.0. The molecule has 15 atom stereocenters. The molecule has 1 saturated heterocycles. The highest BCUT2D eigenvalue weighted by Crippen LogP contribution is 2.30. The van der Waals surface area contributed by atoms with Crippen molar-refractivity contribution in [3.05, 3.63) is 121 Å².